The molecule has 0 spiro atoms. The number of halogens is 1. The molecule has 39 heavy (non-hydrogen) atoms. The molecular weight excluding hydrogens is 544 g/mol. The highest BCUT2D eigenvalue weighted by molar-refractivity contribution is 7.14. The van der Waals surface area contributed by atoms with Gasteiger partial charge in [-0.3, -0.25) is 14.9 Å². The minimum atomic E-state index is -0.385. The molecule has 2 aromatic rings. The number of rotatable bonds is 12. The number of fused-ring (bicyclic) bond motifs is 1. The largest absolute Gasteiger partial charge is 0.368 e. The van der Waals surface area contributed by atoms with E-state index in [1.807, 2.05) is 37.5 Å². The van der Waals surface area contributed by atoms with Crippen molar-refractivity contribution >= 4 is 46.6 Å². The average Bonchev–Trinajstić information content (AvgIpc) is 3.57. The zero-order valence-electron chi connectivity index (χ0n) is 21.6. The van der Waals surface area contributed by atoms with Gasteiger partial charge in [0.1, 0.15) is 0 Å². The van der Waals surface area contributed by atoms with Gasteiger partial charge in [-0.05, 0) is 18.4 Å². The van der Waals surface area contributed by atoms with E-state index in [9.17, 15) is 14.4 Å². The number of allylic oxidation sites excluding steroid dienone is 3. The molecule has 0 fully saturated rings. The van der Waals surface area contributed by atoms with Crippen molar-refractivity contribution in [3.05, 3.63) is 53.0 Å². The maximum atomic E-state index is 12.2. The molecule has 1 atom stereocenters. The van der Waals surface area contributed by atoms with E-state index in [0.717, 1.165) is 11.1 Å². The van der Waals surface area contributed by atoms with Gasteiger partial charge in [0.2, 0.25) is 17.6 Å². The molecule has 1 unspecified atom stereocenters. The third-order valence-electron chi connectivity index (χ3n) is 5.58. The molecule has 0 radical (unpaired) electrons. The molecule has 208 valence electrons. The van der Waals surface area contributed by atoms with E-state index in [1.54, 1.807) is 12.1 Å². The van der Waals surface area contributed by atoms with Crippen molar-refractivity contribution in [1.82, 2.24) is 26.1 Å². The molecule has 4 rings (SSSR count). The summed E-state index contributed by atoms with van der Waals surface area (Å²) in [7, 11) is 0. The van der Waals surface area contributed by atoms with Crippen LogP contribution in [0.2, 0.25) is 0 Å². The second kappa shape index (κ2) is 14.4. The Bertz CT molecular complexity index is 1300. The second-order valence-electron chi connectivity index (χ2n) is 9.13. The SMILES string of the molecule is CC(C)CNC(=O)Nc1cc(-c2noc(CCC(=O)NCCCNC3=C4C=CC=CC4C(=O)N=N3)n2)cs1.Cl. The van der Waals surface area contributed by atoms with Gasteiger partial charge in [0.25, 0.3) is 5.91 Å². The highest BCUT2D eigenvalue weighted by Crippen LogP contribution is 2.28. The van der Waals surface area contributed by atoms with Crippen LogP contribution in [-0.4, -0.2) is 47.6 Å². The van der Waals surface area contributed by atoms with Gasteiger partial charge in [0.05, 0.1) is 10.9 Å². The predicted molar refractivity (Wildman–Crippen MR) is 149 cm³/mol. The Morgan fingerprint density at radius 3 is 2.82 bits per heavy atom. The number of carbonyl (C=O) groups excluding carboxylic acids is 3. The first kappa shape index (κ1) is 29.7. The van der Waals surface area contributed by atoms with Crippen LogP contribution in [0.4, 0.5) is 9.80 Å². The Morgan fingerprint density at radius 1 is 1.15 bits per heavy atom. The lowest BCUT2D eigenvalue weighted by Gasteiger charge is -2.20. The van der Waals surface area contributed by atoms with Crippen molar-refractivity contribution in [3.63, 3.8) is 0 Å². The van der Waals surface area contributed by atoms with Crippen LogP contribution in [0.5, 0.6) is 0 Å². The number of aromatic nitrogens is 2. The van der Waals surface area contributed by atoms with Crippen molar-refractivity contribution in [1.29, 1.82) is 0 Å². The molecule has 12 nitrogen and oxygen atoms in total. The molecule has 0 saturated carbocycles. The predicted octanol–water partition coefficient (Wildman–Crippen LogP) is 3.97. The number of carbonyl (C=O) groups is 3. The van der Waals surface area contributed by atoms with Crippen molar-refractivity contribution in [2.24, 2.45) is 22.1 Å². The van der Waals surface area contributed by atoms with Crippen LogP contribution in [0.15, 0.2) is 61.9 Å². The van der Waals surface area contributed by atoms with Crippen LogP contribution < -0.4 is 21.3 Å². The van der Waals surface area contributed by atoms with Gasteiger partial charge < -0.3 is 20.5 Å². The topological polar surface area (TPSA) is 163 Å². The fourth-order valence-corrected chi connectivity index (χ4v) is 4.39. The van der Waals surface area contributed by atoms with Gasteiger partial charge in [-0.25, -0.2) is 4.79 Å². The van der Waals surface area contributed by atoms with E-state index in [4.69, 9.17) is 4.52 Å². The van der Waals surface area contributed by atoms with E-state index in [2.05, 4.69) is 41.6 Å². The quantitative estimate of drug-likeness (QED) is 0.279. The van der Waals surface area contributed by atoms with E-state index in [-0.39, 0.29) is 42.6 Å². The fraction of sp³-hybridized carbons (Fsp3) is 0.400. The van der Waals surface area contributed by atoms with Crippen molar-refractivity contribution < 1.29 is 18.9 Å². The standard InChI is InChI=1S/C25H30N8O4S.ClH/c1-15(2)13-28-25(36)30-21-12-16(14-38-21)22-29-20(37-33-22)9-8-19(34)26-10-5-11-27-23-17-6-3-4-7-18(17)24(35)32-31-23;/h3-4,6-7,12,14-15,18,27H,5,8-11,13H2,1-2H3,(H,26,34)(H2,28,30,36);1H. The number of azo groups is 1. The molecule has 0 aromatic carbocycles. The molecule has 14 heteroatoms. The second-order valence-corrected chi connectivity index (χ2v) is 10.0. The number of hydrogen-bond donors (Lipinski definition) is 4. The molecule has 1 aliphatic carbocycles. The number of hydrogen-bond acceptors (Lipinski definition) is 9. The average molecular weight is 575 g/mol. The van der Waals surface area contributed by atoms with E-state index < -0.39 is 0 Å². The molecule has 2 aromatic heterocycles. The van der Waals surface area contributed by atoms with Crippen LogP contribution >= 0.6 is 23.7 Å². The highest BCUT2D eigenvalue weighted by atomic mass is 35.5. The summed E-state index contributed by atoms with van der Waals surface area (Å²) in [4.78, 5) is 40.4. The van der Waals surface area contributed by atoms with Crippen molar-refractivity contribution in [3.8, 4) is 11.4 Å². The summed E-state index contributed by atoms with van der Waals surface area (Å²) in [5.74, 6) is 0.933. The first-order chi connectivity index (χ1) is 18.4. The van der Waals surface area contributed by atoms with E-state index in [1.165, 1.54) is 11.3 Å². The van der Waals surface area contributed by atoms with Gasteiger partial charge in [0, 0.05) is 49.0 Å². The molecule has 2 aliphatic rings. The summed E-state index contributed by atoms with van der Waals surface area (Å²) < 4.78 is 5.28. The molecule has 4 amide bonds. The van der Waals surface area contributed by atoms with E-state index in [0.29, 0.717) is 60.9 Å². The molecule has 4 N–H and O–H groups in total. The lowest BCUT2D eigenvalue weighted by molar-refractivity contribution is -0.121. The summed E-state index contributed by atoms with van der Waals surface area (Å²) in [5, 5.41) is 25.8. The number of amides is 4. The van der Waals surface area contributed by atoms with Gasteiger partial charge in [0.15, 0.2) is 5.82 Å². The van der Waals surface area contributed by atoms with Crippen LogP contribution in [0.1, 0.15) is 32.6 Å². The number of thiophene rings is 1. The van der Waals surface area contributed by atoms with E-state index >= 15 is 0 Å². The summed E-state index contributed by atoms with van der Waals surface area (Å²) in [6.07, 6.45) is 8.54. The van der Waals surface area contributed by atoms with Gasteiger partial charge >= 0.3 is 6.03 Å². The smallest absolute Gasteiger partial charge is 0.319 e. The van der Waals surface area contributed by atoms with Crippen molar-refractivity contribution in [2.45, 2.75) is 33.1 Å². The Balaban J connectivity index is 0.00000420. The first-order valence-electron chi connectivity index (χ1n) is 12.4. The lowest BCUT2D eigenvalue weighted by Crippen LogP contribution is -2.31. The Morgan fingerprint density at radius 2 is 2.00 bits per heavy atom. The number of urea groups is 1. The minimum Gasteiger partial charge on any atom is -0.368 e. The van der Waals surface area contributed by atoms with Crippen LogP contribution in [0.3, 0.4) is 0 Å². The third-order valence-corrected chi connectivity index (χ3v) is 6.43. The molecule has 3 heterocycles. The molecule has 0 saturated heterocycles. The first-order valence-corrected chi connectivity index (χ1v) is 13.3. The maximum absolute atomic E-state index is 12.2. The highest BCUT2D eigenvalue weighted by Gasteiger charge is 2.27. The van der Waals surface area contributed by atoms with Gasteiger partial charge in [-0.1, -0.05) is 43.3 Å². The summed E-state index contributed by atoms with van der Waals surface area (Å²) in [6, 6.07) is 1.52. The van der Waals surface area contributed by atoms with Crippen molar-refractivity contribution in [2.75, 3.05) is 25.0 Å². The maximum Gasteiger partial charge on any atom is 0.319 e. The van der Waals surface area contributed by atoms with Gasteiger partial charge in [-0.2, -0.15) is 4.98 Å². The zero-order chi connectivity index (χ0) is 26.9. The minimum absolute atomic E-state index is 0. The monoisotopic (exact) mass is 574 g/mol. The zero-order valence-corrected chi connectivity index (χ0v) is 23.2. The van der Waals surface area contributed by atoms with Crippen LogP contribution in [0, 0.1) is 11.8 Å². The summed E-state index contributed by atoms with van der Waals surface area (Å²) in [5.41, 5.74) is 1.53. The number of anilines is 1. The molecule has 1 aliphatic heterocycles. The number of nitrogens with one attached hydrogen (secondary N) is 4. The molecule has 0 bridgehead atoms. The normalized spacial score (nSPS) is 15.7. The van der Waals surface area contributed by atoms with Crippen LogP contribution in [-0.2, 0) is 16.0 Å². The lowest BCUT2D eigenvalue weighted by atomic mass is 9.93. The number of nitrogens with zero attached hydrogens (tertiary/aromatic N) is 4. The molecular formula is C25H31ClN8O4S. The summed E-state index contributed by atoms with van der Waals surface area (Å²) in [6.45, 7) is 5.69. The Kier molecular flexibility index (Phi) is 10.9. The third kappa shape index (κ3) is 8.58. The van der Waals surface area contributed by atoms with Gasteiger partial charge in [-0.15, -0.1) is 34.0 Å². The fourth-order valence-electron chi connectivity index (χ4n) is 3.62. The summed E-state index contributed by atoms with van der Waals surface area (Å²) >= 11 is 1.36. The Labute approximate surface area is 235 Å². The van der Waals surface area contributed by atoms with Crippen LogP contribution in [0.25, 0.3) is 11.4 Å². The Hall–Kier alpha value is -3.84. The number of aryl methyl sites for hydroxylation is 1.